The van der Waals surface area contributed by atoms with E-state index in [1.165, 1.54) is 0 Å². The summed E-state index contributed by atoms with van der Waals surface area (Å²) >= 11 is 0. The molecule has 2 amide bonds. The van der Waals surface area contributed by atoms with Crippen molar-refractivity contribution < 1.29 is 22.8 Å². The highest BCUT2D eigenvalue weighted by atomic mass is 19.4. The molecule has 21 heavy (non-hydrogen) atoms. The van der Waals surface area contributed by atoms with Gasteiger partial charge >= 0.3 is 6.18 Å². The lowest BCUT2D eigenvalue weighted by atomic mass is 10.1. The number of carbonyl (C=O) groups is 2. The molecule has 0 fully saturated rings. The number of amides is 2. The van der Waals surface area contributed by atoms with E-state index in [0.717, 1.165) is 24.3 Å². The van der Waals surface area contributed by atoms with Gasteiger partial charge in [-0.05, 0) is 37.1 Å². The van der Waals surface area contributed by atoms with Crippen LogP contribution in [0, 0.1) is 0 Å². The fourth-order valence-corrected chi connectivity index (χ4v) is 1.62. The second-order valence-corrected chi connectivity index (χ2v) is 4.37. The molecule has 0 bridgehead atoms. The monoisotopic (exact) mass is 300 g/mol. The number of halogens is 3. The van der Waals surface area contributed by atoms with E-state index in [-0.39, 0.29) is 12.0 Å². The van der Waals surface area contributed by atoms with E-state index in [1.54, 1.807) is 6.08 Å². The van der Waals surface area contributed by atoms with Crippen LogP contribution in [0.25, 0.3) is 0 Å². The molecule has 3 N–H and O–H groups in total. The molecule has 1 aromatic carbocycles. The van der Waals surface area contributed by atoms with Crippen molar-refractivity contribution >= 4 is 11.8 Å². The molecule has 7 heteroatoms. The van der Waals surface area contributed by atoms with E-state index in [0.29, 0.717) is 6.42 Å². The minimum atomic E-state index is -4.46. The molecule has 0 aliphatic heterocycles. The molecule has 0 aromatic heterocycles. The quantitative estimate of drug-likeness (QED) is 0.791. The summed E-state index contributed by atoms with van der Waals surface area (Å²) in [4.78, 5) is 23.0. The number of nitrogens with two attached hydrogens (primary N) is 1. The maximum atomic E-state index is 12.4. The summed E-state index contributed by atoms with van der Waals surface area (Å²) in [7, 11) is 0. The first kappa shape index (κ1) is 16.7. The zero-order chi connectivity index (χ0) is 16.0. The SMILES string of the molecule is C=CCC[C@@H](NC(=O)c1ccc(C(F)(F)F)cc1)C(N)=O. The maximum Gasteiger partial charge on any atom is 0.416 e. The number of carbonyl (C=O) groups excluding carboxylic acids is 2. The lowest BCUT2D eigenvalue weighted by Gasteiger charge is -2.15. The van der Waals surface area contributed by atoms with E-state index in [2.05, 4.69) is 11.9 Å². The zero-order valence-corrected chi connectivity index (χ0v) is 11.1. The number of allylic oxidation sites excluding steroid dienone is 1. The summed E-state index contributed by atoms with van der Waals surface area (Å²) in [6, 6.07) is 2.81. The van der Waals surface area contributed by atoms with Crippen molar-refractivity contribution in [3.05, 3.63) is 48.0 Å². The molecule has 0 aliphatic carbocycles. The van der Waals surface area contributed by atoms with Gasteiger partial charge in [0.25, 0.3) is 5.91 Å². The molecular weight excluding hydrogens is 285 g/mol. The van der Waals surface area contributed by atoms with Crippen molar-refractivity contribution in [2.75, 3.05) is 0 Å². The number of rotatable bonds is 6. The second kappa shape index (κ2) is 6.92. The molecule has 1 rings (SSSR count). The van der Waals surface area contributed by atoms with E-state index in [9.17, 15) is 22.8 Å². The van der Waals surface area contributed by atoms with Crippen LogP contribution < -0.4 is 11.1 Å². The van der Waals surface area contributed by atoms with Gasteiger partial charge in [-0.25, -0.2) is 0 Å². The van der Waals surface area contributed by atoms with Gasteiger partial charge in [0.1, 0.15) is 6.04 Å². The Balaban J connectivity index is 2.78. The Hall–Kier alpha value is -2.31. The first-order valence-electron chi connectivity index (χ1n) is 6.14. The summed E-state index contributed by atoms with van der Waals surface area (Å²) in [5.41, 5.74) is 4.32. The molecule has 1 atom stereocenters. The van der Waals surface area contributed by atoms with Gasteiger partial charge in [-0.3, -0.25) is 9.59 Å². The highest BCUT2D eigenvalue weighted by molar-refractivity contribution is 5.97. The third kappa shape index (κ3) is 4.94. The molecule has 114 valence electrons. The Kier molecular flexibility index (Phi) is 5.52. The Morgan fingerprint density at radius 1 is 1.29 bits per heavy atom. The molecule has 1 aromatic rings. The van der Waals surface area contributed by atoms with E-state index in [4.69, 9.17) is 5.73 Å². The van der Waals surface area contributed by atoms with Gasteiger partial charge in [-0.1, -0.05) is 6.08 Å². The number of alkyl halides is 3. The van der Waals surface area contributed by atoms with Gasteiger partial charge in [0, 0.05) is 5.56 Å². The molecule has 0 saturated heterocycles. The van der Waals surface area contributed by atoms with Crippen molar-refractivity contribution in [2.24, 2.45) is 5.73 Å². The average Bonchev–Trinajstić information content (AvgIpc) is 2.42. The lowest BCUT2D eigenvalue weighted by molar-refractivity contribution is -0.137. The molecule has 0 aliphatic rings. The molecular formula is C14H15F3N2O2. The van der Waals surface area contributed by atoms with Gasteiger partial charge < -0.3 is 11.1 Å². The topological polar surface area (TPSA) is 72.2 Å². The van der Waals surface area contributed by atoms with Crippen LogP contribution in [0.15, 0.2) is 36.9 Å². The summed E-state index contributed by atoms with van der Waals surface area (Å²) in [6.45, 7) is 3.49. The zero-order valence-electron chi connectivity index (χ0n) is 11.1. The minimum Gasteiger partial charge on any atom is -0.368 e. The van der Waals surface area contributed by atoms with Crippen molar-refractivity contribution in [3.8, 4) is 0 Å². The van der Waals surface area contributed by atoms with Crippen LogP contribution in [0.4, 0.5) is 13.2 Å². The van der Waals surface area contributed by atoms with Gasteiger partial charge in [0.2, 0.25) is 5.91 Å². The number of nitrogens with one attached hydrogen (secondary N) is 1. The lowest BCUT2D eigenvalue weighted by Crippen LogP contribution is -2.44. The average molecular weight is 300 g/mol. The second-order valence-electron chi connectivity index (χ2n) is 4.37. The molecule has 0 radical (unpaired) electrons. The van der Waals surface area contributed by atoms with Crippen LogP contribution in [0.2, 0.25) is 0 Å². The number of benzene rings is 1. The smallest absolute Gasteiger partial charge is 0.368 e. The Labute approximate surface area is 119 Å². The normalized spacial score (nSPS) is 12.5. The predicted molar refractivity (Wildman–Crippen MR) is 71.3 cm³/mol. The van der Waals surface area contributed by atoms with Crippen molar-refractivity contribution in [3.63, 3.8) is 0 Å². The first-order chi connectivity index (χ1) is 9.75. The van der Waals surface area contributed by atoms with Gasteiger partial charge in [0.05, 0.1) is 5.56 Å². The Bertz CT molecular complexity index is 524. The molecule has 0 unspecified atom stereocenters. The Morgan fingerprint density at radius 2 is 1.86 bits per heavy atom. The first-order valence-corrected chi connectivity index (χ1v) is 6.14. The number of hydrogen-bond donors (Lipinski definition) is 2. The summed E-state index contributed by atoms with van der Waals surface area (Å²) in [6.07, 6.45) is -2.14. The van der Waals surface area contributed by atoms with Crippen LogP contribution in [-0.4, -0.2) is 17.9 Å². The molecule has 0 spiro atoms. The van der Waals surface area contributed by atoms with Crippen LogP contribution in [-0.2, 0) is 11.0 Å². The fraction of sp³-hybridized carbons (Fsp3) is 0.286. The molecule has 4 nitrogen and oxygen atoms in total. The maximum absolute atomic E-state index is 12.4. The van der Waals surface area contributed by atoms with Gasteiger partial charge in [-0.2, -0.15) is 13.2 Å². The third-order valence-electron chi connectivity index (χ3n) is 2.78. The number of hydrogen-bond acceptors (Lipinski definition) is 2. The van der Waals surface area contributed by atoms with Crippen molar-refractivity contribution in [1.82, 2.24) is 5.32 Å². The predicted octanol–water partition coefficient (Wildman–Crippen LogP) is 2.26. The molecule has 0 heterocycles. The summed E-state index contributed by atoms with van der Waals surface area (Å²) < 4.78 is 37.2. The van der Waals surface area contributed by atoms with Crippen LogP contribution in [0.1, 0.15) is 28.8 Å². The Morgan fingerprint density at radius 3 is 2.29 bits per heavy atom. The summed E-state index contributed by atoms with van der Waals surface area (Å²) in [5.74, 6) is -1.37. The van der Waals surface area contributed by atoms with Crippen LogP contribution >= 0.6 is 0 Å². The third-order valence-corrected chi connectivity index (χ3v) is 2.78. The standard InChI is InChI=1S/C14H15F3N2O2/c1-2-3-4-11(12(18)20)19-13(21)9-5-7-10(8-6-9)14(15,16)17/h2,5-8,11H,1,3-4H2,(H2,18,20)(H,19,21)/t11-/m1/s1. The van der Waals surface area contributed by atoms with Gasteiger partial charge in [0.15, 0.2) is 0 Å². The number of primary amides is 1. The molecule has 0 saturated carbocycles. The van der Waals surface area contributed by atoms with Crippen LogP contribution in [0.5, 0.6) is 0 Å². The summed E-state index contributed by atoms with van der Waals surface area (Å²) in [5, 5.41) is 2.38. The van der Waals surface area contributed by atoms with Gasteiger partial charge in [-0.15, -0.1) is 6.58 Å². The van der Waals surface area contributed by atoms with E-state index in [1.807, 2.05) is 0 Å². The van der Waals surface area contributed by atoms with Crippen molar-refractivity contribution in [1.29, 1.82) is 0 Å². The largest absolute Gasteiger partial charge is 0.416 e. The van der Waals surface area contributed by atoms with Crippen molar-refractivity contribution in [2.45, 2.75) is 25.1 Å². The minimum absolute atomic E-state index is 0.0212. The highest BCUT2D eigenvalue weighted by Crippen LogP contribution is 2.29. The fourth-order valence-electron chi connectivity index (χ4n) is 1.62. The van der Waals surface area contributed by atoms with E-state index < -0.39 is 29.6 Å². The van der Waals surface area contributed by atoms with E-state index >= 15 is 0 Å². The van der Waals surface area contributed by atoms with Crippen LogP contribution in [0.3, 0.4) is 0 Å². The highest BCUT2D eigenvalue weighted by Gasteiger charge is 2.30.